The second kappa shape index (κ2) is 7.36. The summed E-state index contributed by atoms with van der Waals surface area (Å²) in [5.74, 6) is -0.731. The van der Waals surface area contributed by atoms with E-state index in [0.29, 0.717) is 22.5 Å². The van der Waals surface area contributed by atoms with E-state index in [2.05, 4.69) is 10.3 Å². The van der Waals surface area contributed by atoms with E-state index in [0.717, 1.165) is 11.3 Å². The van der Waals surface area contributed by atoms with E-state index in [9.17, 15) is 14.4 Å². The standard InChI is InChI=1S/C15H19N3O4S/c1-3-10-7-11-14(23-10)17-9(2)18(15(11)22)8-12(19)16-6-4-5-13(20)21/h7H,3-6,8H2,1-2H3,(H,16,19)(H,20,21). The van der Waals surface area contributed by atoms with Crippen LogP contribution >= 0.6 is 11.3 Å². The van der Waals surface area contributed by atoms with Crippen LogP contribution in [0.25, 0.3) is 10.2 Å². The van der Waals surface area contributed by atoms with Crippen molar-refractivity contribution in [3.8, 4) is 0 Å². The molecule has 0 saturated carbocycles. The number of carboxylic acid groups (broad SMARTS) is 1. The number of aromatic nitrogens is 2. The minimum Gasteiger partial charge on any atom is -0.481 e. The average Bonchev–Trinajstić information content (AvgIpc) is 2.91. The third kappa shape index (κ3) is 4.16. The highest BCUT2D eigenvalue weighted by atomic mass is 32.1. The summed E-state index contributed by atoms with van der Waals surface area (Å²) in [5.41, 5.74) is -0.218. The zero-order chi connectivity index (χ0) is 17.0. The molecule has 2 rings (SSSR count). The van der Waals surface area contributed by atoms with Crippen LogP contribution in [0.5, 0.6) is 0 Å². The molecule has 124 valence electrons. The van der Waals surface area contributed by atoms with Gasteiger partial charge in [-0.25, -0.2) is 4.98 Å². The molecular formula is C15H19N3O4S. The SMILES string of the molecule is CCc1cc2c(=O)n(CC(=O)NCCCC(=O)O)c(C)nc2s1. The first-order valence-corrected chi connectivity index (χ1v) is 8.22. The molecule has 0 aromatic carbocycles. The van der Waals surface area contributed by atoms with Crippen LogP contribution in [0.2, 0.25) is 0 Å². The monoisotopic (exact) mass is 337 g/mol. The second-order valence-electron chi connectivity index (χ2n) is 5.18. The van der Waals surface area contributed by atoms with Crippen LogP contribution in [0, 0.1) is 6.92 Å². The fourth-order valence-corrected chi connectivity index (χ4v) is 3.20. The predicted octanol–water partition coefficient (Wildman–Crippen LogP) is 1.31. The second-order valence-corrected chi connectivity index (χ2v) is 6.30. The van der Waals surface area contributed by atoms with E-state index < -0.39 is 5.97 Å². The van der Waals surface area contributed by atoms with Crippen LogP contribution in [0.4, 0.5) is 0 Å². The van der Waals surface area contributed by atoms with Gasteiger partial charge in [-0.2, -0.15) is 0 Å². The maximum absolute atomic E-state index is 12.5. The number of hydrogen-bond acceptors (Lipinski definition) is 5. The van der Waals surface area contributed by atoms with Crippen molar-refractivity contribution in [3.63, 3.8) is 0 Å². The fraction of sp³-hybridized carbons (Fsp3) is 0.467. The molecule has 0 bridgehead atoms. The van der Waals surface area contributed by atoms with Crippen LogP contribution in [0.15, 0.2) is 10.9 Å². The molecular weight excluding hydrogens is 318 g/mol. The van der Waals surface area contributed by atoms with Crippen molar-refractivity contribution < 1.29 is 14.7 Å². The molecule has 0 aliphatic rings. The first kappa shape index (κ1) is 17.1. The minimum absolute atomic E-state index is 0.00146. The van der Waals surface area contributed by atoms with Gasteiger partial charge in [0.15, 0.2) is 0 Å². The van der Waals surface area contributed by atoms with Crippen LogP contribution in [-0.2, 0) is 22.6 Å². The van der Waals surface area contributed by atoms with Crippen molar-refractivity contribution in [2.24, 2.45) is 0 Å². The van der Waals surface area contributed by atoms with Gasteiger partial charge in [-0.3, -0.25) is 19.0 Å². The highest BCUT2D eigenvalue weighted by Gasteiger charge is 2.13. The quantitative estimate of drug-likeness (QED) is 0.742. The van der Waals surface area contributed by atoms with Crippen LogP contribution in [0.3, 0.4) is 0 Å². The molecule has 7 nitrogen and oxygen atoms in total. The summed E-state index contributed by atoms with van der Waals surface area (Å²) in [7, 11) is 0. The number of nitrogens with zero attached hydrogens (tertiary/aromatic N) is 2. The van der Waals surface area contributed by atoms with E-state index in [1.807, 2.05) is 13.0 Å². The van der Waals surface area contributed by atoms with Gasteiger partial charge < -0.3 is 10.4 Å². The zero-order valence-corrected chi connectivity index (χ0v) is 13.9. The molecule has 2 aromatic rings. The first-order chi connectivity index (χ1) is 10.9. The topological polar surface area (TPSA) is 101 Å². The first-order valence-electron chi connectivity index (χ1n) is 7.40. The number of fused-ring (bicyclic) bond motifs is 1. The van der Waals surface area contributed by atoms with E-state index in [-0.39, 0.29) is 31.0 Å². The van der Waals surface area contributed by atoms with Crippen molar-refractivity contribution in [2.45, 2.75) is 39.7 Å². The Bertz CT molecular complexity index is 794. The van der Waals surface area contributed by atoms with Crippen molar-refractivity contribution in [2.75, 3.05) is 6.54 Å². The van der Waals surface area contributed by atoms with E-state index >= 15 is 0 Å². The Morgan fingerprint density at radius 1 is 1.43 bits per heavy atom. The number of thiophene rings is 1. The molecule has 0 aliphatic carbocycles. The Kier molecular flexibility index (Phi) is 5.49. The third-order valence-corrected chi connectivity index (χ3v) is 4.61. The number of aryl methyl sites for hydroxylation is 2. The number of amides is 1. The van der Waals surface area contributed by atoms with E-state index in [1.54, 1.807) is 6.92 Å². The Labute approximate surface area is 137 Å². The van der Waals surface area contributed by atoms with Gasteiger partial charge in [0.2, 0.25) is 5.91 Å². The molecule has 8 heteroatoms. The summed E-state index contributed by atoms with van der Waals surface area (Å²) in [4.78, 5) is 41.0. The lowest BCUT2D eigenvalue weighted by atomic mass is 10.3. The number of nitrogens with one attached hydrogen (secondary N) is 1. The Balaban J connectivity index is 2.11. The maximum Gasteiger partial charge on any atom is 0.303 e. The lowest BCUT2D eigenvalue weighted by molar-refractivity contribution is -0.137. The largest absolute Gasteiger partial charge is 0.481 e. The number of carbonyl (C=O) groups is 2. The number of carboxylic acids is 1. The lowest BCUT2D eigenvalue weighted by Crippen LogP contribution is -2.34. The van der Waals surface area contributed by atoms with Gasteiger partial charge in [0.25, 0.3) is 5.56 Å². The van der Waals surface area contributed by atoms with Crippen molar-refractivity contribution in [1.82, 2.24) is 14.9 Å². The number of aliphatic carboxylic acids is 1. The van der Waals surface area contributed by atoms with E-state index in [4.69, 9.17) is 5.11 Å². The molecule has 0 aliphatic heterocycles. The summed E-state index contributed by atoms with van der Waals surface area (Å²) < 4.78 is 1.35. The van der Waals surface area contributed by atoms with Crippen LogP contribution < -0.4 is 10.9 Å². The minimum atomic E-state index is -0.898. The van der Waals surface area contributed by atoms with Crippen molar-refractivity contribution in [3.05, 3.63) is 27.1 Å². The number of rotatable bonds is 7. The number of carbonyl (C=O) groups excluding carboxylic acids is 1. The smallest absolute Gasteiger partial charge is 0.303 e. The molecule has 2 aromatic heterocycles. The molecule has 1 amide bonds. The Morgan fingerprint density at radius 2 is 2.17 bits per heavy atom. The van der Waals surface area contributed by atoms with Gasteiger partial charge in [-0.1, -0.05) is 6.92 Å². The molecule has 0 saturated heterocycles. The van der Waals surface area contributed by atoms with Gasteiger partial charge in [0.05, 0.1) is 5.39 Å². The average molecular weight is 337 g/mol. The molecule has 0 spiro atoms. The van der Waals surface area contributed by atoms with Gasteiger partial charge in [-0.15, -0.1) is 11.3 Å². The molecule has 2 N–H and O–H groups in total. The summed E-state index contributed by atoms with van der Waals surface area (Å²) in [6.07, 6.45) is 1.20. The van der Waals surface area contributed by atoms with Gasteiger partial charge >= 0.3 is 5.97 Å². The Morgan fingerprint density at radius 3 is 2.83 bits per heavy atom. The third-order valence-electron chi connectivity index (χ3n) is 3.43. The van der Waals surface area contributed by atoms with Crippen LogP contribution in [-0.4, -0.2) is 33.1 Å². The fourth-order valence-electron chi connectivity index (χ4n) is 2.19. The van der Waals surface area contributed by atoms with E-state index in [1.165, 1.54) is 15.9 Å². The predicted molar refractivity (Wildman–Crippen MR) is 87.9 cm³/mol. The normalized spacial score (nSPS) is 10.9. The van der Waals surface area contributed by atoms with Gasteiger partial charge in [0.1, 0.15) is 17.2 Å². The maximum atomic E-state index is 12.5. The molecule has 23 heavy (non-hydrogen) atoms. The van der Waals surface area contributed by atoms with Crippen LogP contribution in [0.1, 0.15) is 30.5 Å². The summed E-state index contributed by atoms with van der Waals surface area (Å²) >= 11 is 1.49. The summed E-state index contributed by atoms with van der Waals surface area (Å²) in [5, 5.41) is 11.7. The highest BCUT2D eigenvalue weighted by Crippen LogP contribution is 2.21. The highest BCUT2D eigenvalue weighted by molar-refractivity contribution is 7.18. The number of hydrogen-bond donors (Lipinski definition) is 2. The Hall–Kier alpha value is -2.22. The lowest BCUT2D eigenvalue weighted by Gasteiger charge is -2.09. The summed E-state index contributed by atoms with van der Waals surface area (Å²) in [6.45, 7) is 3.87. The molecule has 0 radical (unpaired) electrons. The summed E-state index contributed by atoms with van der Waals surface area (Å²) in [6, 6.07) is 1.83. The molecule has 0 atom stereocenters. The van der Waals surface area contributed by atoms with Gasteiger partial charge in [-0.05, 0) is 25.8 Å². The molecule has 0 fully saturated rings. The van der Waals surface area contributed by atoms with Crippen molar-refractivity contribution in [1.29, 1.82) is 0 Å². The molecule has 0 unspecified atom stereocenters. The molecule has 2 heterocycles. The zero-order valence-electron chi connectivity index (χ0n) is 13.1. The van der Waals surface area contributed by atoms with Gasteiger partial charge in [0, 0.05) is 17.8 Å². The van der Waals surface area contributed by atoms with Crippen molar-refractivity contribution >= 4 is 33.4 Å².